The second kappa shape index (κ2) is 4.14. The maximum Gasteiger partial charge on any atom is 0.355 e. The SMILES string of the molecule is O=P(O)(O)C(I)(I)c1ccccc1. The molecule has 0 aliphatic rings. The van der Waals surface area contributed by atoms with Crippen molar-refractivity contribution in [1.29, 1.82) is 0 Å². The van der Waals surface area contributed by atoms with Crippen molar-refractivity contribution in [3.05, 3.63) is 35.9 Å². The summed E-state index contributed by atoms with van der Waals surface area (Å²) in [5.41, 5.74) is 0.629. The van der Waals surface area contributed by atoms with Crippen molar-refractivity contribution in [1.82, 2.24) is 0 Å². The summed E-state index contributed by atoms with van der Waals surface area (Å²) < 4.78 is 9.97. The van der Waals surface area contributed by atoms with Gasteiger partial charge in [-0.3, -0.25) is 4.57 Å². The zero-order chi connectivity index (χ0) is 10.1. The number of alkyl halides is 2. The van der Waals surface area contributed by atoms with Gasteiger partial charge in [-0.05, 0) is 50.7 Å². The van der Waals surface area contributed by atoms with Gasteiger partial charge in [0.1, 0.15) is 0 Å². The van der Waals surface area contributed by atoms with E-state index in [0.29, 0.717) is 5.56 Å². The van der Waals surface area contributed by atoms with E-state index in [1.54, 1.807) is 69.4 Å². The summed E-state index contributed by atoms with van der Waals surface area (Å²) in [6.07, 6.45) is 0. The van der Waals surface area contributed by atoms with Crippen LogP contribution in [0.2, 0.25) is 0 Å². The molecule has 0 spiro atoms. The molecule has 0 saturated carbocycles. The minimum Gasteiger partial charge on any atom is -0.323 e. The van der Waals surface area contributed by atoms with E-state index in [1.165, 1.54) is 0 Å². The molecule has 72 valence electrons. The van der Waals surface area contributed by atoms with Crippen molar-refractivity contribution >= 4 is 52.8 Å². The normalized spacial score (nSPS) is 12.9. The lowest BCUT2D eigenvalue weighted by Gasteiger charge is -2.21. The summed E-state index contributed by atoms with van der Waals surface area (Å²) >= 11 is 3.54. The van der Waals surface area contributed by atoms with Gasteiger partial charge in [-0.2, -0.15) is 0 Å². The Balaban J connectivity index is 3.16. The molecular formula is C7H7I2O3P. The van der Waals surface area contributed by atoms with E-state index < -0.39 is 8.77 Å². The Bertz CT molecular complexity index is 333. The van der Waals surface area contributed by atoms with Gasteiger partial charge < -0.3 is 9.79 Å². The van der Waals surface area contributed by atoms with Crippen LogP contribution in [0.15, 0.2) is 30.3 Å². The highest BCUT2D eigenvalue weighted by molar-refractivity contribution is 14.2. The Morgan fingerprint density at radius 3 is 2.00 bits per heavy atom. The largest absolute Gasteiger partial charge is 0.355 e. The van der Waals surface area contributed by atoms with Gasteiger partial charge in [0.2, 0.25) is 0 Å². The molecule has 0 aliphatic carbocycles. The van der Waals surface area contributed by atoms with Crippen molar-refractivity contribution in [3.8, 4) is 0 Å². The lowest BCUT2D eigenvalue weighted by Crippen LogP contribution is -2.08. The van der Waals surface area contributed by atoms with Crippen LogP contribution in [0.25, 0.3) is 0 Å². The number of hydrogen-bond donors (Lipinski definition) is 2. The summed E-state index contributed by atoms with van der Waals surface area (Å²) in [5.74, 6) is 0. The van der Waals surface area contributed by atoms with E-state index in [2.05, 4.69) is 0 Å². The van der Waals surface area contributed by atoms with Crippen LogP contribution >= 0.6 is 52.8 Å². The average Bonchev–Trinajstić information content (AvgIpc) is 2.04. The minimum absolute atomic E-state index is 0.629. The molecule has 13 heavy (non-hydrogen) atoms. The first-order valence-electron chi connectivity index (χ1n) is 3.34. The first-order chi connectivity index (χ1) is 5.86. The van der Waals surface area contributed by atoms with Crippen molar-refractivity contribution in [2.24, 2.45) is 0 Å². The second-order valence-electron chi connectivity index (χ2n) is 2.45. The van der Waals surface area contributed by atoms with Gasteiger partial charge in [0.05, 0.1) is 0 Å². The molecule has 0 amide bonds. The summed E-state index contributed by atoms with van der Waals surface area (Å²) in [6.45, 7) is 0. The molecule has 0 saturated heterocycles. The molecule has 0 atom stereocenters. The second-order valence-corrected chi connectivity index (χ2v) is 11.2. The maximum atomic E-state index is 11.1. The van der Waals surface area contributed by atoms with Crippen LogP contribution in [0.1, 0.15) is 5.56 Å². The molecule has 2 N–H and O–H groups in total. The van der Waals surface area contributed by atoms with Gasteiger partial charge in [-0.1, -0.05) is 30.3 Å². The number of rotatable bonds is 2. The fraction of sp³-hybridized carbons (Fsp3) is 0.143. The van der Waals surface area contributed by atoms with Gasteiger partial charge >= 0.3 is 7.60 Å². The maximum absolute atomic E-state index is 11.1. The Morgan fingerprint density at radius 1 is 1.15 bits per heavy atom. The standard InChI is InChI=1S/C7H7I2O3P/c8-7(9,13(10,11)12)6-4-2-1-3-5-6/h1-5H,(H2,10,11,12). The molecule has 0 fully saturated rings. The van der Waals surface area contributed by atoms with Crippen molar-refractivity contribution in [2.45, 2.75) is 1.17 Å². The monoisotopic (exact) mass is 424 g/mol. The van der Waals surface area contributed by atoms with E-state index >= 15 is 0 Å². The molecule has 0 aromatic heterocycles. The Hall–Kier alpha value is 0.830. The predicted octanol–water partition coefficient (Wildman–Crippen LogP) is 2.84. The lowest BCUT2D eigenvalue weighted by molar-refractivity contribution is 0.370. The van der Waals surface area contributed by atoms with Gasteiger partial charge in [0, 0.05) is 0 Å². The molecule has 3 nitrogen and oxygen atoms in total. The zero-order valence-corrected chi connectivity index (χ0v) is 11.6. The van der Waals surface area contributed by atoms with Crippen LogP contribution in [0.5, 0.6) is 0 Å². The third-order valence-electron chi connectivity index (χ3n) is 1.49. The Kier molecular flexibility index (Phi) is 3.79. The van der Waals surface area contributed by atoms with Crippen molar-refractivity contribution in [2.75, 3.05) is 0 Å². The molecule has 1 aromatic carbocycles. The van der Waals surface area contributed by atoms with Crippen molar-refractivity contribution < 1.29 is 14.4 Å². The molecule has 1 rings (SSSR count). The molecule has 0 heterocycles. The molecular weight excluding hydrogens is 417 g/mol. The molecule has 0 radical (unpaired) electrons. The number of halogens is 2. The zero-order valence-electron chi connectivity index (χ0n) is 6.39. The molecule has 6 heteroatoms. The molecule has 1 aromatic rings. The van der Waals surface area contributed by atoms with Crippen LogP contribution in [0, 0.1) is 0 Å². The van der Waals surface area contributed by atoms with Gasteiger partial charge in [-0.15, -0.1) is 0 Å². The third kappa shape index (κ3) is 2.65. The van der Waals surface area contributed by atoms with E-state index in [9.17, 15) is 4.57 Å². The predicted molar refractivity (Wildman–Crippen MR) is 68.2 cm³/mol. The topological polar surface area (TPSA) is 57.5 Å². The van der Waals surface area contributed by atoms with Crippen LogP contribution in [0.4, 0.5) is 0 Å². The Morgan fingerprint density at radius 2 is 1.62 bits per heavy atom. The van der Waals surface area contributed by atoms with E-state index in [-0.39, 0.29) is 0 Å². The number of hydrogen-bond acceptors (Lipinski definition) is 1. The van der Waals surface area contributed by atoms with Crippen LogP contribution in [0.3, 0.4) is 0 Å². The highest BCUT2D eigenvalue weighted by atomic mass is 127. The van der Waals surface area contributed by atoms with Crippen molar-refractivity contribution in [3.63, 3.8) is 0 Å². The lowest BCUT2D eigenvalue weighted by atomic mass is 10.2. The first-order valence-corrected chi connectivity index (χ1v) is 7.11. The van der Waals surface area contributed by atoms with Gasteiger partial charge in [0.25, 0.3) is 0 Å². The first kappa shape index (κ1) is 11.9. The summed E-state index contributed by atoms with van der Waals surface area (Å²) in [7, 11) is -4.12. The van der Waals surface area contributed by atoms with Crippen LogP contribution in [-0.4, -0.2) is 9.79 Å². The fourth-order valence-corrected chi connectivity index (χ4v) is 2.01. The van der Waals surface area contributed by atoms with Crippen LogP contribution < -0.4 is 0 Å². The van der Waals surface area contributed by atoms with Gasteiger partial charge in [0.15, 0.2) is 1.17 Å². The molecule has 0 bridgehead atoms. The minimum atomic E-state index is -4.12. The third-order valence-corrected chi connectivity index (χ3v) is 7.49. The van der Waals surface area contributed by atoms with E-state index in [4.69, 9.17) is 9.79 Å². The highest BCUT2D eigenvalue weighted by Gasteiger charge is 2.43. The Labute approximate surface area is 103 Å². The summed E-state index contributed by atoms with van der Waals surface area (Å²) in [6, 6.07) is 8.75. The smallest absolute Gasteiger partial charge is 0.323 e. The number of benzene rings is 1. The summed E-state index contributed by atoms with van der Waals surface area (Å²) in [4.78, 5) is 18.2. The van der Waals surface area contributed by atoms with Gasteiger partial charge in [-0.25, -0.2) is 0 Å². The molecule has 0 unspecified atom stereocenters. The highest BCUT2D eigenvalue weighted by Crippen LogP contribution is 2.65. The fourth-order valence-electron chi connectivity index (χ4n) is 0.807. The summed E-state index contributed by atoms with van der Waals surface area (Å²) in [5, 5.41) is 0. The van der Waals surface area contributed by atoms with Crippen LogP contribution in [-0.2, 0) is 5.73 Å². The average molecular weight is 424 g/mol. The van der Waals surface area contributed by atoms with E-state index in [0.717, 1.165) is 0 Å². The quantitative estimate of drug-likeness (QED) is 0.437. The van der Waals surface area contributed by atoms with E-state index in [1.807, 2.05) is 6.07 Å². The molecule has 0 aliphatic heterocycles.